The van der Waals surface area contributed by atoms with E-state index in [4.69, 9.17) is 4.74 Å². The Balaban J connectivity index is 0.00000156. The third-order valence-electron chi connectivity index (χ3n) is 5.62. The Morgan fingerprint density at radius 2 is 1.76 bits per heavy atom. The monoisotopic (exact) mass is 399 g/mol. The average Bonchev–Trinajstić information content (AvgIpc) is 2.55. The first-order valence-electron chi connectivity index (χ1n) is 8.68. The minimum Gasteiger partial charge on any atom is -0.387 e. The van der Waals surface area contributed by atoms with Gasteiger partial charge in [0.05, 0.1) is 24.4 Å². The van der Waals surface area contributed by atoms with Crippen LogP contribution >= 0.6 is 24.8 Å². The number of aliphatic hydroxyl groups excluding tert-OH is 1. The van der Waals surface area contributed by atoms with E-state index in [-0.39, 0.29) is 30.7 Å². The van der Waals surface area contributed by atoms with Crippen molar-refractivity contribution in [2.75, 3.05) is 52.4 Å². The normalized spacial score (nSPS) is 32.6. The predicted octanol–water partition coefficient (Wildman–Crippen LogP) is -0.371. The van der Waals surface area contributed by atoms with Crippen LogP contribution in [-0.2, 0) is 9.53 Å². The molecule has 0 aromatic rings. The Hall–Kier alpha value is -0.150. The van der Waals surface area contributed by atoms with E-state index in [9.17, 15) is 15.0 Å². The molecule has 0 unspecified atom stereocenters. The second-order valence-corrected chi connectivity index (χ2v) is 7.33. The number of likely N-dealkylation sites (tertiary alicyclic amines) is 1. The van der Waals surface area contributed by atoms with Gasteiger partial charge >= 0.3 is 0 Å². The number of hydrogen-bond acceptors (Lipinski definition) is 6. The van der Waals surface area contributed by atoms with E-state index in [2.05, 4.69) is 10.2 Å². The zero-order chi connectivity index (χ0) is 16.5. The average molecular weight is 400 g/mol. The molecular weight excluding hydrogens is 369 g/mol. The molecule has 0 radical (unpaired) electrons. The largest absolute Gasteiger partial charge is 0.387 e. The molecule has 0 bridgehead atoms. The minimum absolute atomic E-state index is 0. The third-order valence-corrected chi connectivity index (χ3v) is 5.62. The number of ether oxygens (including phenoxy) is 1. The van der Waals surface area contributed by atoms with Gasteiger partial charge in [0, 0.05) is 45.7 Å². The summed E-state index contributed by atoms with van der Waals surface area (Å²) in [4.78, 5) is 16.4. The van der Waals surface area contributed by atoms with Crippen molar-refractivity contribution in [2.24, 2.45) is 0 Å². The quantitative estimate of drug-likeness (QED) is 0.587. The van der Waals surface area contributed by atoms with Crippen LogP contribution in [0.3, 0.4) is 0 Å². The molecule has 25 heavy (non-hydrogen) atoms. The van der Waals surface area contributed by atoms with Crippen molar-refractivity contribution in [3.05, 3.63) is 0 Å². The summed E-state index contributed by atoms with van der Waals surface area (Å²) < 4.78 is 5.88. The van der Waals surface area contributed by atoms with Crippen molar-refractivity contribution in [2.45, 2.75) is 43.5 Å². The molecule has 2 atom stereocenters. The molecule has 3 fully saturated rings. The first kappa shape index (κ1) is 22.9. The Labute approximate surface area is 161 Å². The summed E-state index contributed by atoms with van der Waals surface area (Å²) in [5.41, 5.74) is -1.74. The van der Waals surface area contributed by atoms with E-state index in [0.29, 0.717) is 45.5 Å². The van der Waals surface area contributed by atoms with Crippen molar-refractivity contribution in [3.8, 4) is 0 Å². The van der Waals surface area contributed by atoms with E-state index in [1.54, 1.807) is 6.92 Å². The molecule has 1 spiro atoms. The first-order chi connectivity index (χ1) is 10.9. The first-order valence-corrected chi connectivity index (χ1v) is 8.68. The highest BCUT2D eigenvalue weighted by molar-refractivity contribution is 5.85. The molecule has 9 heteroatoms. The van der Waals surface area contributed by atoms with Crippen LogP contribution < -0.4 is 5.32 Å². The van der Waals surface area contributed by atoms with Gasteiger partial charge in [-0.2, -0.15) is 0 Å². The number of nitrogens with zero attached hydrogens (tertiary/aromatic N) is 2. The maximum Gasteiger partial charge on any atom is 0.236 e. The number of aliphatic hydroxyl groups is 2. The molecule has 7 nitrogen and oxygen atoms in total. The standard InChI is InChI=1S/C16H29N3O4.2ClH/c1-15(22)4-11-23-16(14(15)21)2-7-18(8-3-16)12-13(20)19-9-5-17-6-10-19;;/h14,17,21-22H,2-12H2,1H3;2*1H/t14-,15+;;/m0../s1. The molecule has 0 saturated carbocycles. The van der Waals surface area contributed by atoms with Crippen molar-refractivity contribution < 1.29 is 19.7 Å². The van der Waals surface area contributed by atoms with Gasteiger partial charge in [-0.15, -0.1) is 24.8 Å². The zero-order valence-electron chi connectivity index (χ0n) is 14.8. The Kier molecular flexibility index (Phi) is 8.40. The number of carbonyl (C=O) groups excluding carboxylic acids is 1. The molecule has 0 aromatic carbocycles. The van der Waals surface area contributed by atoms with Gasteiger partial charge in [-0.25, -0.2) is 0 Å². The number of piperazine rings is 1. The third kappa shape index (κ3) is 4.97. The number of hydrogen-bond donors (Lipinski definition) is 3. The van der Waals surface area contributed by atoms with Crippen LogP contribution in [0.15, 0.2) is 0 Å². The Bertz CT molecular complexity index is 439. The lowest BCUT2D eigenvalue weighted by Crippen LogP contribution is -2.64. The highest BCUT2D eigenvalue weighted by Crippen LogP contribution is 2.39. The molecule has 0 aliphatic carbocycles. The van der Waals surface area contributed by atoms with Gasteiger partial charge in [0.25, 0.3) is 0 Å². The van der Waals surface area contributed by atoms with Crippen LogP contribution in [0.25, 0.3) is 0 Å². The van der Waals surface area contributed by atoms with Crippen molar-refractivity contribution >= 4 is 30.7 Å². The molecule has 3 rings (SSSR count). The van der Waals surface area contributed by atoms with Crippen molar-refractivity contribution in [1.82, 2.24) is 15.1 Å². The van der Waals surface area contributed by atoms with Gasteiger partial charge in [-0.1, -0.05) is 0 Å². The highest BCUT2D eigenvalue weighted by Gasteiger charge is 2.52. The lowest BCUT2D eigenvalue weighted by Gasteiger charge is -2.51. The van der Waals surface area contributed by atoms with Crippen LogP contribution in [0.5, 0.6) is 0 Å². The molecule has 1 amide bonds. The molecule has 3 aliphatic heterocycles. The van der Waals surface area contributed by atoms with Gasteiger partial charge in [-0.3, -0.25) is 9.69 Å². The summed E-state index contributed by atoms with van der Waals surface area (Å²) in [7, 11) is 0. The Morgan fingerprint density at radius 1 is 1.16 bits per heavy atom. The maximum absolute atomic E-state index is 12.3. The lowest BCUT2D eigenvalue weighted by atomic mass is 9.75. The molecule has 0 aromatic heterocycles. The topological polar surface area (TPSA) is 85.3 Å². The number of nitrogens with one attached hydrogen (secondary N) is 1. The van der Waals surface area contributed by atoms with E-state index >= 15 is 0 Å². The molecule has 3 heterocycles. The summed E-state index contributed by atoms with van der Waals surface area (Å²) in [6.07, 6.45) is 0.897. The van der Waals surface area contributed by atoms with E-state index in [1.165, 1.54) is 0 Å². The van der Waals surface area contributed by atoms with Gasteiger partial charge in [0.1, 0.15) is 6.10 Å². The fourth-order valence-corrected chi connectivity index (χ4v) is 3.96. The number of rotatable bonds is 2. The molecule has 3 saturated heterocycles. The maximum atomic E-state index is 12.3. The summed E-state index contributed by atoms with van der Waals surface area (Å²) in [5, 5.41) is 24.1. The van der Waals surface area contributed by atoms with Gasteiger partial charge in [0.2, 0.25) is 5.91 Å². The SMILES string of the molecule is C[C@@]1(O)CCOC2(CCN(CC(=O)N3CCNCC3)CC2)[C@H]1O.Cl.Cl. The molecular formula is C16H31Cl2N3O4. The fraction of sp³-hybridized carbons (Fsp3) is 0.938. The second-order valence-electron chi connectivity index (χ2n) is 7.33. The number of halogens is 2. The number of carbonyl (C=O) groups is 1. The van der Waals surface area contributed by atoms with Gasteiger partial charge in [0.15, 0.2) is 0 Å². The Morgan fingerprint density at radius 3 is 2.36 bits per heavy atom. The molecule has 3 aliphatic rings. The fourth-order valence-electron chi connectivity index (χ4n) is 3.96. The van der Waals surface area contributed by atoms with Crippen LogP contribution in [0.4, 0.5) is 0 Å². The van der Waals surface area contributed by atoms with Crippen LogP contribution in [0.2, 0.25) is 0 Å². The van der Waals surface area contributed by atoms with Crippen molar-refractivity contribution in [3.63, 3.8) is 0 Å². The zero-order valence-corrected chi connectivity index (χ0v) is 16.4. The summed E-state index contributed by atoms with van der Waals surface area (Å²) in [6.45, 7) is 7.31. The second kappa shape index (κ2) is 9.17. The van der Waals surface area contributed by atoms with Gasteiger partial charge < -0.3 is 25.2 Å². The van der Waals surface area contributed by atoms with Crippen LogP contribution in [-0.4, -0.2) is 95.6 Å². The summed E-state index contributed by atoms with van der Waals surface area (Å²) in [6, 6.07) is 0. The van der Waals surface area contributed by atoms with E-state index in [0.717, 1.165) is 26.2 Å². The van der Waals surface area contributed by atoms with Crippen molar-refractivity contribution in [1.29, 1.82) is 0 Å². The minimum atomic E-state index is -1.09. The smallest absolute Gasteiger partial charge is 0.236 e. The lowest BCUT2D eigenvalue weighted by molar-refractivity contribution is -0.246. The highest BCUT2D eigenvalue weighted by atomic mass is 35.5. The van der Waals surface area contributed by atoms with Crippen LogP contribution in [0, 0.1) is 0 Å². The summed E-state index contributed by atoms with van der Waals surface area (Å²) in [5.74, 6) is 0.180. The predicted molar refractivity (Wildman–Crippen MR) is 99.6 cm³/mol. The van der Waals surface area contributed by atoms with Gasteiger partial charge in [-0.05, 0) is 19.8 Å². The van der Waals surface area contributed by atoms with Crippen LogP contribution in [0.1, 0.15) is 26.2 Å². The number of piperidine rings is 1. The van der Waals surface area contributed by atoms with E-state index < -0.39 is 17.3 Å². The number of amides is 1. The molecule has 148 valence electrons. The van der Waals surface area contributed by atoms with E-state index in [1.807, 2.05) is 4.90 Å². The summed E-state index contributed by atoms with van der Waals surface area (Å²) >= 11 is 0. The molecule has 3 N–H and O–H groups in total.